The van der Waals surface area contributed by atoms with Gasteiger partial charge in [0.2, 0.25) is 0 Å². The van der Waals surface area contributed by atoms with Crippen LogP contribution >= 0.6 is 0 Å². The molecule has 1 nitrogen and oxygen atoms in total. The predicted octanol–water partition coefficient (Wildman–Crippen LogP) is 2.82. The van der Waals surface area contributed by atoms with Gasteiger partial charge >= 0.3 is 6.18 Å². The first kappa shape index (κ1) is 10.0. The molecule has 0 amide bonds. The van der Waals surface area contributed by atoms with Gasteiger partial charge in [-0.05, 0) is 18.1 Å². The Bertz CT molecular complexity index is 255. The molecule has 1 aromatic rings. The van der Waals surface area contributed by atoms with Gasteiger partial charge in [-0.1, -0.05) is 13.0 Å². The molecule has 0 bridgehead atoms. The predicted molar refractivity (Wildman–Crippen MR) is 43.2 cm³/mol. The normalized spacial score (nSPS) is 14.2. The standard InChI is InChI=1S/C9H10F3N/c1-7(9(10,11)12)5-8-3-2-4-13-6-8/h2-4,6-7H,5H2,1H3. The van der Waals surface area contributed by atoms with Crippen LogP contribution in [0.25, 0.3) is 0 Å². The Kier molecular flexibility index (Phi) is 2.90. The van der Waals surface area contributed by atoms with Crippen LogP contribution in [0, 0.1) is 5.92 Å². The molecule has 0 spiro atoms. The first-order chi connectivity index (χ1) is 6.00. The third-order valence-corrected chi connectivity index (χ3v) is 1.82. The summed E-state index contributed by atoms with van der Waals surface area (Å²) in [6.45, 7) is 1.17. The number of hydrogen-bond acceptors (Lipinski definition) is 1. The Balaban J connectivity index is 2.61. The van der Waals surface area contributed by atoms with E-state index in [0.717, 1.165) is 0 Å². The molecule has 0 radical (unpaired) electrons. The van der Waals surface area contributed by atoms with Crippen LogP contribution in [-0.4, -0.2) is 11.2 Å². The van der Waals surface area contributed by atoms with E-state index in [1.165, 1.54) is 13.1 Å². The number of pyridine rings is 1. The third-order valence-electron chi connectivity index (χ3n) is 1.82. The number of halogens is 3. The Morgan fingerprint density at radius 1 is 1.46 bits per heavy atom. The molecule has 1 unspecified atom stereocenters. The average Bonchev–Trinajstić information content (AvgIpc) is 2.04. The summed E-state index contributed by atoms with van der Waals surface area (Å²) in [6.07, 6.45) is -1.11. The second-order valence-corrected chi connectivity index (χ2v) is 3.01. The molecule has 0 aliphatic rings. The van der Waals surface area contributed by atoms with Gasteiger partial charge in [0, 0.05) is 12.4 Å². The van der Waals surface area contributed by atoms with Crippen molar-refractivity contribution in [1.82, 2.24) is 4.98 Å². The lowest BCUT2D eigenvalue weighted by Crippen LogP contribution is -2.21. The van der Waals surface area contributed by atoms with Crippen LogP contribution in [0.3, 0.4) is 0 Å². The molecule has 13 heavy (non-hydrogen) atoms. The smallest absolute Gasteiger partial charge is 0.264 e. The Morgan fingerprint density at radius 3 is 2.62 bits per heavy atom. The van der Waals surface area contributed by atoms with E-state index in [9.17, 15) is 13.2 Å². The molecule has 0 N–H and O–H groups in total. The number of alkyl halides is 3. The van der Waals surface area contributed by atoms with Crippen molar-refractivity contribution in [2.24, 2.45) is 5.92 Å². The number of rotatable bonds is 2. The molecule has 1 heterocycles. The maximum Gasteiger partial charge on any atom is 0.391 e. The van der Waals surface area contributed by atoms with Gasteiger partial charge in [0.05, 0.1) is 5.92 Å². The zero-order valence-corrected chi connectivity index (χ0v) is 7.17. The maximum absolute atomic E-state index is 12.1. The van der Waals surface area contributed by atoms with Crippen molar-refractivity contribution in [3.8, 4) is 0 Å². The lowest BCUT2D eigenvalue weighted by atomic mass is 10.0. The highest BCUT2D eigenvalue weighted by molar-refractivity contribution is 5.09. The molecule has 1 rings (SSSR count). The summed E-state index contributed by atoms with van der Waals surface area (Å²) in [7, 11) is 0. The molecule has 1 aromatic heterocycles. The second-order valence-electron chi connectivity index (χ2n) is 3.01. The van der Waals surface area contributed by atoms with Crippen LogP contribution in [0.2, 0.25) is 0 Å². The van der Waals surface area contributed by atoms with Crippen molar-refractivity contribution in [2.45, 2.75) is 19.5 Å². The first-order valence-electron chi connectivity index (χ1n) is 3.96. The lowest BCUT2D eigenvalue weighted by Gasteiger charge is -2.14. The van der Waals surface area contributed by atoms with Gasteiger partial charge in [0.1, 0.15) is 0 Å². The van der Waals surface area contributed by atoms with E-state index in [-0.39, 0.29) is 6.42 Å². The minimum Gasteiger partial charge on any atom is -0.264 e. The van der Waals surface area contributed by atoms with Gasteiger partial charge in [-0.3, -0.25) is 4.98 Å². The van der Waals surface area contributed by atoms with Gasteiger partial charge in [-0.25, -0.2) is 0 Å². The van der Waals surface area contributed by atoms with Gasteiger partial charge < -0.3 is 0 Å². The highest BCUT2D eigenvalue weighted by atomic mass is 19.4. The van der Waals surface area contributed by atoms with E-state index in [2.05, 4.69) is 4.98 Å². The molecular weight excluding hydrogens is 179 g/mol. The third kappa shape index (κ3) is 3.05. The van der Waals surface area contributed by atoms with Crippen LogP contribution in [0.4, 0.5) is 13.2 Å². The molecule has 0 saturated carbocycles. The van der Waals surface area contributed by atoms with Gasteiger partial charge in [0.25, 0.3) is 0 Å². The second kappa shape index (κ2) is 3.77. The first-order valence-corrected chi connectivity index (χ1v) is 3.96. The Labute approximate surface area is 74.6 Å². The van der Waals surface area contributed by atoms with Crippen molar-refractivity contribution >= 4 is 0 Å². The molecule has 0 aliphatic carbocycles. The monoisotopic (exact) mass is 189 g/mol. The zero-order valence-electron chi connectivity index (χ0n) is 7.17. The maximum atomic E-state index is 12.1. The summed E-state index contributed by atoms with van der Waals surface area (Å²) >= 11 is 0. The topological polar surface area (TPSA) is 12.9 Å². The summed E-state index contributed by atoms with van der Waals surface area (Å²) in [5.41, 5.74) is 0.618. The minimum absolute atomic E-state index is 0.00264. The molecule has 0 saturated heterocycles. The highest BCUT2D eigenvalue weighted by Gasteiger charge is 2.35. The molecular formula is C9H10F3N. The fourth-order valence-electron chi connectivity index (χ4n) is 0.988. The largest absolute Gasteiger partial charge is 0.391 e. The van der Waals surface area contributed by atoms with E-state index in [4.69, 9.17) is 0 Å². The SMILES string of the molecule is CC(Cc1cccnc1)C(F)(F)F. The van der Waals surface area contributed by atoms with Crippen LogP contribution in [0.1, 0.15) is 12.5 Å². The van der Waals surface area contributed by atoms with E-state index < -0.39 is 12.1 Å². The van der Waals surface area contributed by atoms with E-state index in [1.807, 2.05) is 0 Å². The molecule has 0 aliphatic heterocycles. The lowest BCUT2D eigenvalue weighted by molar-refractivity contribution is -0.169. The fourth-order valence-corrected chi connectivity index (χ4v) is 0.988. The summed E-state index contributed by atoms with van der Waals surface area (Å²) in [5.74, 6) is -1.31. The van der Waals surface area contributed by atoms with Crippen molar-refractivity contribution in [2.75, 3.05) is 0 Å². The van der Waals surface area contributed by atoms with Crippen molar-refractivity contribution in [3.63, 3.8) is 0 Å². The van der Waals surface area contributed by atoms with Crippen molar-refractivity contribution in [1.29, 1.82) is 0 Å². The van der Waals surface area contributed by atoms with E-state index in [0.29, 0.717) is 5.56 Å². The summed E-state index contributed by atoms with van der Waals surface area (Å²) in [4.78, 5) is 3.75. The highest BCUT2D eigenvalue weighted by Crippen LogP contribution is 2.28. The van der Waals surface area contributed by atoms with Crippen LogP contribution in [0.5, 0.6) is 0 Å². The zero-order chi connectivity index (χ0) is 9.90. The fraction of sp³-hybridized carbons (Fsp3) is 0.444. The molecule has 0 fully saturated rings. The van der Waals surface area contributed by atoms with Crippen LogP contribution in [0.15, 0.2) is 24.5 Å². The quantitative estimate of drug-likeness (QED) is 0.697. The summed E-state index contributed by atoms with van der Waals surface area (Å²) in [5, 5.41) is 0. The number of aromatic nitrogens is 1. The Morgan fingerprint density at radius 2 is 2.15 bits per heavy atom. The van der Waals surface area contributed by atoms with Crippen molar-refractivity contribution < 1.29 is 13.2 Å². The average molecular weight is 189 g/mol. The Hall–Kier alpha value is -1.06. The molecule has 1 atom stereocenters. The molecule has 4 heteroatoms. The van der Waals surface area contributed by atoms with E-state index in [1.54, 1.807) is 18.3 Å². The summed E-state index contributed by atoms with van der Waals surface area (Å²) in [6, 6.07) is 3.29. The summed E-state index contributed by atoms with van der Waals surface area (Å²) < 4.78 is 36.3. The van der Waals surface area contributed by atoms with E-state index >= 15 is 0 Å². The van der Waals surface area contributed by atoms with Crippen LogP contribution < -0.4 is 0 Å². The number of nitrogens with zero attached hydrogens (tertiary/aromatic N) is 1. The molecule has 72 valence electrons. The van der Waals surface area contributed by atoms with Gasteiger partial charge in [-0.15, -0.1) is 0 Å². The van der Waals surface area contributed by atoms with Gasteiger partial charge in [-0.2, -0.15) is 13.2 Å². The minimum atomic E-state index is -4.12. The molecule has 0 aromatic carbocycles. The number of hydrogen-bond donors (Lipinski definition) is 0. The van der Waals surface area contributed by atoms with Crippen molar-refractivity contribution in [3.05, 3.63) is 30.1 Å². The van der Waals surface area contributed by atoms with Gasteiger partial charge in [0.15, 0.2) is 0 Å². The van der Waals surface area contributed by atoms with Crippen LogP contribution in [-0.2, 0) is 6.42 Å².